The topological polar surface area (TPSA) is 43.9 Å². The predicted molar refractivity (Wildman–Crippen MR) is 106 cm³/mol. The van der Waals surface area contributed by atoms with Crippen molar-refractivity contribution in [3.8, 4) is 0 Å². The number of fused-ring (bicyclic) bond motifs is 1. The van der Waals surface area contributed by atoms with Crippen LogP contribution in [0.25, 0.3) is 0 Å². The summed E-state index contributed by atoms with van der Waals surface area (Å²) in [7, 11) is 0. The average Bonchev–Trinajstić information content (AvgIpc) is 2.91. The van der Waals surface area contributed by atoms with E-state index in [1.54, 1.807) is 17.0 Å². The second-order valence-electron chi connectivity index (χ2n) is 6.86. The number of rotatable bonds is 4. The monoisotopic (exact) mass is 403 g/mol. The molecule has 2 aromatic carbocycles. The Hall–Kier alpha value is -1.92. The molecule has 2 aliphatic rings. The summed E-state index contributed by atoms with van der Waals surface area (Å²) in [6.07, 6.45) is 0. The van der Waals surface area contributed by atoms with Crippen molar-refractivity contribution in [1.82, 2.24) is 9.80 Å². The predicted octanol–water partition coefficient (Wildman–Crippen LogP) is 3.30. The van der Waals surface area contributed by atoms with Crippen LogP contribution in [0.4, 0.5) is 5.69 Å². The van der Waals surface area contributed by atoms with E-state index in [1.807, 2.05) is 30.3 Å². The fraction of sp³-hybridized carbons (Fsp3) is 0.300. The molecule has 0 aliphatic carbocycles. The van der Waals surface area contributed by atoms with Crippen molar-refractivity contribution < 1.29 is 9.59 Å². The van der Waals surface area contributed by atoms with E-state index in [0.717, 1.165) is 38.3 Å². The average molecular weight is 404 g/mol. The van der Waals surface area contributed by atoms with Gasteiger partial charge in [-0.2, -0.15) is 0 Å². The number of halogens is 2. The Morgan fingerprint density at radius 3 is 2.30 bits per heavy atom. The number of hydrogen-bond acceptors (Lipinski definition) is 4. The molecule has 7 heteroatoms. The third kappa shape index (κ3) is 3.73. The second-order valence-corrected chi connectivity index (χ2v) is 7.68. The van der Waals surface area contributed by atoms with Crippen LogP contribution >= 0.6 is 23.2 Å². The van der Waals surface area contributed by atoms with Crippen LogP contribution in [0.15, 0.2) is 42.5 Å². The van der Waals surface area contributed by atoms with E-state index < -0.39 is 11.7 Å². The number of amides is 1. The van der Waals surface area contributed by atoms with Gasteiger partial charge in [0.05, 0.1) is 28.0 Å². The third-order valence-corrected chi connectivity index (χ3v) is 5.81. The summed E-state index contributed by atoms with van der Waals surface area (Å²) in [4.78, 5) is 30.6. The highest BCUT2D eigenvalue weighted by molar-refractivity contribution is 6.52. The van der Waals surface area contributed by atoms with Crippen LogP contribution in [0.2, 0.25) is 10.0 Å². The van der Waals surface area contributed by atoms with Gasteiger partial charge in [0, 0.05) is 32.7 Å². The molecule has 140 valence electrons. The lowest BCUT2D eigenvalue weighted by Crippen LogP contribution is -2.50. The highest BCUT2D eigenvalue weighted by Crippen LogP contribution is 2.29. The number of nitrogens with zero attached hydrogens (tertiary/aromatic N) is 3. The number of hydrogen-bond donors (Lipinski definition) is 0. The van der Waals surface area contributed by atoms with Crippen molar-refractivity contribution >= 4 is 40.6 Å². The lowest BCUT2D eigenvalue weighted by Gasteiger charge is -2.36. The standard InChI is InChI=1S/C20H19Cl2N3O2/c21-16-6-5-14(11-17(16)22)12-23-7-9-24(10-8-23)13-25-18-4-2-1-3-15(18)19(26)20(25)27/h1-6,11H,7-10,12-13H2. The van der Waals surface area contributed by atoms with Gasteiger partial charge < -0.3 is 0 Å². The zero-order valence-electron chi connectivity index (χ0n) is 14.7. The SMILES string of the molecule is O=C1C(=O)N(CN2CCN(Cc3ccc(Cl)c(Cl)c3)CC2)c2ccccc21. The summed E-state index contributed by atoms with van der Waals surface area (Å²) >= 11 is 12.1. The van der Waals surface area contributed by atoms with E-state index in [2.05, 4.69) is 9.80 Å². The zero-order chi connectivity index (χ0) is 19.0. The van der Waals surface area contributed by atoms with Crippen molar-refractivity contribution in [3.63, 3.8) is 0 Å². The fourth-order valence-corrected chi connectivity index (χ4v) is 3.89. The van der Waals surface area contributed by atoms with E-state index in [4.69, 9.17) is 23.2 Å². The second kappa shape index (κ2) is 7.60. The largest absolute Gasteiger partial charge is 0.300 e. The highest BCUT2D eigenvalue weighted by Gasteiger charge is 2.36. The molecule has 5 nitrogen and oxygen atoms in total. The summed E-state index contributed by atoms with van der Waals surface area (Å²) < 4.78 is 0. The molecule has 0 aromatic heterocycles. The molecule has 0 spiro atoms. The minimum absolute atomic E-state index is 0.413. The first-order valence-electron chi connectivity index (χ1n) is 8.87. The van der Waals surface area contributed by atoms with Crippen LogP contribution in [0.3, 0.4) is 0 Å². The van der Waals surface area contributed by atoms with Crippen molar-refractivity contribution in [2.24, 2.45) is 0 Å². The van der Waals surface area contributed by atoms with Crippen molar-refractivity contribution in [2.75, 3.05) is 37.7 Å². The van der Waals surface area contributed by atoms with E-state index in [0.29, 0.717) is 28.0 Å². The van der Waals surface area contributed by atoms with Gasteiger partial charge >= 0.3 is 5.91 Å². The van der Waals surface area contributed by atoms with Crippen LogP contribution in [0.1, 0.15) is 15.9 Å². The molecule has 2 aromatic rings. The van der Waals surface area contributed by atoms with E-state index >= 15 is 0 Å². The van der Waals surface area contributed by atoms with Gasteiger partial charge in [0.2, 0.25) is 0 Å². The Kier molecular flexibility index (Phi) is 5.19. The summed E-state index contributed by atoms with van der Waals surface area (Å²) in [5.41, 5.74) is 2.35. The molecular weight excluding hydrogens is 385 g/mol. The van der Waals surface area contributed by atoms with Crippen molar-refractivity contribution in [1.29, 1.82) is 0 Å². The van der Waals surface area contributed by atoms with E-state index in [-0.39, 0.29) is 0 Å². The molecule has 0 radical (unpaired) electrons. The smallest absolute Gasteiger partial charge is 0.297 e. The number of Topliss-reactive ketones (excluding diaryl/α,β-unsaturated/α-hetero) is 1. The molecule has 0 atom stereocenters. The van der Waals surface area contributed by atoms with Crippen LogP contribution in [0, 0.1) is 0 Å². The number of anilines is 1. The molecule has 0 bridgehead atoms. The van der Waals surface area contributed by atoms with Gasteiger partial charge in [0.25, 0.3) is 5.78 Å². The summed E-state index contributed by atoms with van der Waals surface area (Å²) in [5.74, 6) is -0.849. The normalized spacial score (nSPS) is 18.2. The van der Waals surface area contributed by atoms with Crippen LogP contribution in [-0.4, -0.2) is 54.3 Å². The summed E-state index contributed by atoms with van der Waals surface area (Å²) in [6.45, 7) is 4.70. The highest BCUT2D eigenvalue weighted by atomic mass is 35.5. The Balaban J connectivity index is 1.35. The first-order chi connectivity index (χ1) is 13.0. The minimum atomic E-state index is -0.436. The maximum absolute atomic E-state index is 12.3. The summed E-state index contributed by atoms with van der Waals surface area (Å²) in [5, 5.41) is 1.14. The zero-order valence-corrected chi connectivity index (χ0v) is 16.2. The Labute approximate surface area is 168 Å². The first kappa shape index (κ1) is 18.4. The molecule has 2 heterocycles. The van der Waals surface area contributed by atoms with Crippen LogP contribution < -0.4 is 4.90 Å². The van der Waals surface area contributed by atoms with Gasteiger partial charge in [-0.25, -0.2) is 0 Å². The van der Waals surface area contributed by atoms with Crippen molar-refractivity contribution in [2.45, 2.75) is 6.54 Å². The van der Waals surface area contributed by atoms with Gasteiger partial charge in [-0.3, -0.25) is 24.3 Å². The number of carbonyl (C=O) groups excluding carboxylic acids is 2. The van der Waals surface area contributed by atoms with Crippen LogP contribution in [0.5, 0.6) is 0 Å². The van der Waals surface area contributed by atoms with Gasteiger partial charge in [-0.15, -0.1) is 0 Å². The minimum Gasteiger partial charge on any atom is -0.297 e. The fourth-order valence-electron chi connectivity index (χ4n) is 3.57. The number of benzene rings is 2. The Morgan fingerprint density at radius 1 is 0.852 bits per heavy atom. The summed E-state index contributed by atoms with van der Waals surface area (Å²) in [6, 6.07) is 12.9. The van der Waals surface area contributed by atoms with Gasteiger partial charge in [0.1, 0.15) is 0 Å². The molecule has 4 rings (SSSR count). The molecule has 0 saturated carbocycles. The maximum Gasteiger partial charge on any atom is 0.300 e. The molecular formula is C20H19Cl2N3O2. The molecule has 0 unspecified atom stereocenters. The molecule has 1 amide bonds. The van der Waals surface area contributed by atoms with E-state index in [9.17, 15) is 9.59 Å². The van der Waals surface area contributed by atoms with Crippen molar-refractivity contribution in [3.05, 3.63) is 63.6 Å². The molecule has 0 N–H and O–H groups in total. The van der Waals surface area contributed by atoms with Gasteiger partial charge in [0.15, 0.2) is 0 Å². The number of para-hydroxylation sites is 1. The molecule has 27 heavy (non-hydrogen) atoms. The Bertz CT molecular complexity index is 895. The maximum atomic E-state index is 12.3. The van der Waals surface area contributed by atoms with Gasteiger partial charge in [-0.1, -0.05) is 41.4 Å². The molecule has 1 saturated heterocycles. The third-order valence-electron chi connectivity index (χ3n) is 5.08. The van der Waals surface area contributed by atoms with Crippen LogP contribution in [-0.2, 0) is 11.3 Å². The number of carbonyl (C=O) groups is 2. The molecule has 1 fully saturated rings. The lowest BCUT2D eigenvalue weighted by atomic mass is 10.1. The van der Waals surface area contributed by atoms with Gasteiger partial charge in [-0.05, 0) is 29.8 Å². The first-order valence-corrected chi connectivity index (χ1v) is 9.62. The molecule has 2 aliphatic heterocycles. The number of ketones is 1. The van der Waals surface area contributed by atoms with E-state index in [1.165, 1.54) is 0 Å². The Morgan fingerprint density at radius 2 is 1.56 bits per heavy atom. The lowest BCUT2D eigenvalue weighted by molar-refractivity contribution is -0.114. The quantitative estimate of drug-likeness (QED) is 0.734. The number of piperazine rings is 1.